The molecule has 0 fully saturated rings. The summed E-state index contributed by atoms with van der Waals surface area (Å²) in [5.41, 5.74) is -0.681. The van der Waals surface area contributed by atoms with Crippen molar-refractivity contribution in [2.24, 2.45) is 5.41 Å². The van der Waals surface area contributed by atoms with Crippen molar-refractivity contribution in [1.29, 1.82) is 0 Å². The summed E-state index contributed by atoms with van der Waals surface area (Å²) in [5.74, 6) is 0.104. The van der Waals surface area contributed by atoms with Gasteiger partial charge in [0.25, 0.3) is 0 Å². The van der Waals surface area contributed by atoms with Crippen molar-refractivity contribution in [1.82, 2.24) is 0 Å². The molecule has 1 unspecified atom stereocenters. The van der Waals surface area contributed by atoms with Crippen LogP contribution in [0.2, 0.25) is 0 Å². The van der Waals surface area contributed by atoms with Gasteiger partial charge in [0.15, 0.2) is 0 Å². The zero-order valence-corrected chi connectivity index (χ0v) is 21.0. The average Bonchev–Trinajstić information content (AvgIpc) is 2.60. The molecule has 0 amide bonds. The van der Waals surface area contributed by atoms with E-state index in [1.807, 2.05) is 41.5 Å². The van der Waals surface area contributed by atoms with Crippen LogP contribution in [-0.2, 0) is 24.3 Å². The summed E-state index contributed by atoms with van der Waals surface area (Å²) in [6, 6.07) is 5.28. The molecule has 1 aromatic carbocycles. The van der Waals surface area contributed by atoms with E-state index in [9.17, 15) is 14.0 Å². The van der Waals surface area contributed by atoms with Gasteiger partial charge in [-0.3, -0.25) is 4.89 Å². The van der Waals surface area contributed by atoms with Crippen LogP contribution in [-0.4, -0.2) is 61.5 Å². The quantitative estimate of drug-likeness (QED) is 0.256. The molecule has 0 saturated carbocycles. The summed E-state index contributed by atoms with van der Waals surface area (Å²) in [6.07, 6.45) is 0. The Balaban J connectivity index is 0.000000900. The van der Waals surface area contributed by atoms with Crippen molar-refractivity contribution in [3.8, 4) is 5.75 Å². The number of phosphoric ester groups is 1. The van der Waals surface area contributed by atoms with Crippen LogP contribution in [0.4, 0.5) is 0 Å². The van der Waals surface area contributed by atoms with Gasteiger partial charge in [0, 0.05) is 11.1 Å². The van der Waals surface area contributed by atoms with Gasteiger partial charge in [-0.1, -0.05) is 59.7 Å². The van der Waals surface area contributed by atoms with Crippen molar-refractivity contribution in [3.05, 3.63) is 29.3 Å². The normalized spacial score (nSPS) is 14.9. The molecule has 188 valence electrons. The largest absolute Gasteiger partial charge is 0.536 e. The summed E-state index contributed by atoms with van der Waals surface area (Å²) in [6.45, 7) is 9.75. The van der Waals surface area contributed by atoms with E-state index < -0.39 is 58.3 Å². The van der Waals surface area contributed by atoms with Gasteiger partial charge in [0.2, 0.25) is 0 Å². The SMILES string of the molecule is CC(C)(C)c1cccc(C(C)(C)C)c1OP(=O)(O)OP(=O)(O)O.OCC(CO)(CO)CO. The van der Waals surface area contributed by atoms with Gasteiger partial charge in [-0.25, -0.2) is 9.13 Å². The second-order valence-corrected chi connectivity index (χ2v) is 12.2. The van der Waals surface area contributed by atoms with E-state index in [4.69, 9.17) is 34.7 Å². The third-order valence-electron chi connectivity index (χ3n) is 4.39. The molecule has 1 aromatic rings. The Morgan fingerprint density at radius 2 is 1.09 bits per heavy atom. The molecule has 1 rings (SSSR count). The molecule has 0 aromatic heterocycles. The zero-order valence-electron chi connectivity index (χ0n) is 19.2. The van der Waals surface area contributed by atoms with E-state index in [-0.39, 0.29) is 5.75 Å². The second kappa shape index (κ2) is 11.5. The number of aliphatic hydroxyl groups is 4. The summed E-state index contributed by atoms with van der Waals surface area (Å²) in [4.78, 5) is 27.2. The van der Waals surface area contributed by atoms with Gasteiger partial charge in [0.05, 0.1) is 31.8 Å². The van der Waals surface area contributed by atoms with Crippen LogP contribution in [0.5, 0.6) is 5.75 Å². The minimum absolute atomic E-state index is 0.104. The smallest absolute Gasteiger partial charge is 0.403 e. The zero-order chi connectivity index (χ0) is 25.6. The number of benzene rings is 1. The third kappa shape index (κ3) is 9.97. The molecule has 1 atom stereocenters. The number of rotatable bonds is 8. The Kier molecular flexibility index (Phi) is 11.2. The molecule has 13 heteroatoms. The summed E-state index contributed by atoms with van der Waals surface area (Å²) in [7, 11) is -10.2. The average molecular weight is 502 g/mol. The van der Waals surface area contributed by atoms with Crippen LogP contribution >= 0.6 is 15.6 Å². The Morgan fingerprint density at radius 1 is 0.750 bits per heavy atom. The molecule has 0 aliphatic heterocycles. The first-order chi connectivity index (χ1) is 14.3. The van der Waals surface area contributed by atoms with Crippen molar-refractivity contribution < 1.29 is 53.1 Å². The number of hydrogen-bond donors (Lipinski definition) is 7. The molecule has 0 heterocycles. The first-order valence-corrected chi connectivity index (χ1v) is 12.7. The summed E-state index contributed by atoms with van der Waals surface area (Å²) in [5, 5.41) is 34.0. The van der Waals surface area contributed by atoms with E-state index in [2.05, 4.69) is 4.31 Å². The predicted octanol–water partition coefficient (Wildman–Crippen LogP) is 1.81. The molecule has 11 nitrogen and oxygen atoms in total. The minimum atomic E-state index is -5.17. The number of para-hydroxylation sites is 1. The predicted molar refractivity (Wildman–Crippen MR) is 118 cm³/mol. The fourth-order valence-corrected chi connectivity index (χ4v) is 4.02. The van der Waals surface area contributed by atoms with Gasteiger partial charge >= 0.3 is 15.6 Å². The van der Waals surface area contributed by atoms with E-state index in [1.54, 1.807) is 18.2 Å². The van der Waals surface area contributed by atoms with Gasteiger partial charge in [-0.2, -0.15) is 4.31 Å². The summed E-state index contributed by atoms with van der Waals surface area (Å²) < 4.78 is 31.8. The maximum absolute atomic E-state index is 12.0. The number of aliphatic hydroxyl groups excluding tert-OH is 4. The van der Waals surface area contributed by atoms with Crippen molar-refractivity contribution in [2.45, 2.75) is 52.4 Å². The van der Waals surface area contributed by atoms with Gasteiger partial charge in [-0.15, -0.1) is 0 Å². The van der Waals surface area contributed by atoms with Gasteiger partial charge in [-0.05, 0) is 10.8 Å². The highest BCUT2D eigenvalue weighted by atomic mass is 31.3. The van der Waals surface area contributed by atoms with Crippen LogP contribution in [0.25, 0.3) is 0 Å². The van der Waals surface area contributed by atoms with Crippen LogP contribution in [0, 0.1) is 5.41 Å². The number of hydrogen-bond acceptors (Lipinski definition) is 8. The molecular weight excluding hydrogens is 466 g/mol. The maximum Gasteiger partial charge on any atom is 0.536 e. The number of phosphoric acid groups is 2. The van der Waals surface area contributed by atoms with Crippen LogP contribution in [0.15, 0.2) is 18.2 Å². The maximum atomic E-state index is 12.0. The van der Waals surface area contributed by atoms with E-state index in [0.29, 0.717) is 11.1 Å². The Bertz CT molecular complexity index is 768. The Hall–Kier alpha value is -0.840. The lowest BCUT2D eigenvalue weighted by Crippen LogP contribution is -2.37. The lowest BCUT2D eigenvalue weighted by Gasteiger charge is -2.29. The molecule has 0 spiro atoms. The fraction of sp³-hybridized carbons (Fsp3) is 0.684. The molecule has 32 heavy (non-hydrogen) atoms. The highest BCUT2D eigenvalue weighted by Crippen LogP contribution is 2.59. The Labute approximate surface area is 188 Å². The molecule has 0 aliphatic carbocycles. The van der Waals surface area contributed by atoms with Crippen LogP contribution in [0.1, 0.15) is 52.7 Å². The Morgan fingerprint density at radius 3 is 1.31 bits per heavy atom. The third-order valence-corrected chi connectivity index (χ3v) is 6.48. The minimum Gasteiger partial charge on any atom is -0.403 e. The second-order valence-electron chi connectivity index (χ2n) is 9.45. The topological polar surface area (TPSA) is 194 Å². The van der Waals surface area contributed by atoms with E-state index in [0.717, 1.165) is 0 Å². The first-order valence-electron chi connectivity index (χ1n) is 9.64. The highest BCUT2D eigenvalue weighted by Gasteiger charge is 2.37. The molecular formula is C19H36O11P2. The summed E-state index contributed by atoms with van der Waals surface area (Å²) >= 11 is 0. The van der Waals surface area contributed by atoms with Crippen LogP contribution < -0.4 is 4.52 Å². The van der Waals surface area contributed by atoms with Crippen molar-refractivity contribution in [3.63, 3.8) is 0 Å². The highest BCUT2D eigenvalue weighted by molar-refractivity contribution is 7.60. The van der Waals surface area contributed by atoms with Crippen molar-refractivity contribution in [2.75, 3.05) is 26.4 Å². The molecule has 0 aliphatic rings. The standard InChI is InChI=1S/C14H24O7P2.C5H12O4/c1-13(2,3)10-8-7-9-11(14(4,5)6)12(10)20-23(18,19)21-22(15,16)17;6-1-5(2-7,3-8)4-9/h7-9H,1-6H3,(H,18,19)(H2,15,16,17);6-9H,1-4H2. The molecule has 0 radical (unpaired) electrons. The lowest BCUT2D eigenvalue weighted by atomic mass is 9.80. The first kappa shape index (κ1) is 31.2. The molecule has 0 saturated heterocycles. The van der Waals surface area contributed by atoms with Crippen LogP contribution in [0.3, 0.4) is 0 Å². The molecule has 7 N–H and O–H groups in total. The fourth-order valence-electron chi connectivity index (χ4n) is 2.38. The molecule has 0 bridgehead atoms. The van der Waals surface area contributed by atoms with E-state index >= 15 is 0 Å². The van der Waals surface area contributed by atoms with Gasteiger partial charge < -0.3 is 34.7 Å². The van der Waals surface area contributed by atoms with E-state index in [1.165, 1.54) is 0 Å². The monoisotopic (exact) mass is 502 g/mol. The van der Waals surface area contributed by atoms with Crippen molar-refractivity contribution >= 4 is 15.6 Å². The van der Waals surface area contributed by atoms with Gasteiger partial charge in [0.1, 0.15) is 5.75 Å². The lowest BCUT2D eigenvalue weighted by molar-refractivity contribution is -0.0328.